The first kappa shape index (κ1) is 15.7. The number of ether oxygens (including phenoxy) is 1. The van der Waals surface area contributed by atoms with Crippen LogP contribution < -0.4 is 0 Å². The molecule has 23 heavy (non-hydrogen) atoms. The zero-order valence-corrected chi connectivity index (χ0v) is 14.0. The summed E-state index contributed by atoms with van der Waals surface area (Å²) in [6, 6.07) is 11.8. The van der Waals surface area contributed by atoms with Gasteiger partial charge in [0, 0.05) is 31.0 Å². The predicted molar refractivity (Wildman–Crippen MR) is 91.6 cm³/mol. The number of rotatable bonds is 6. The molecule has 0 radical (unpaired) electrons. The molecule has 0 unspecified atom stereocenters. The summed E-state index contributed by atoms with van der Waals surface area (Å²) in [4.78, 5) is 15.9. The fourth-order valence-corrected chi connectivity index (χ4v) is 3.29. The minimum atomic E-state index is -0.0627. The number of amides is 1. The summed E-state index contributed by atoms with van der Waals surface area (Å²) in [6.45, 7) is 1.62. The van der Waals surface area contributed by atoms with Gasteiger partial charge in [0.15, 0.2) is 5.69 Å². The first-order chi connectivity index (χ1) is 11.2. The largest absolute Gasteiger partial charge is 0.383 e. The Morgan fingerprint density at radius 3 is 2.87 bits per heavy atom. The summed E-state index contributed by atoms with van der Waals surface area (Å²) in [5, 5.41) is 7.34. The van der Waals surface area contributed by atoms with Gasteiger partial charge in [0.1, 0.15) is 0 Å². The number of carbonyl (C=O) groups excluding carboxylic acids is 1. The molecular weight excluding hydrogens is 310 g/mol. The molecule has 0 N–H and O–H groups in total. The Kier molecular flexibility index (Phi) is 4.73. The predicted octanol–water partition coefficient (Wildman–Crippen LogP) is 2.92. The summed E-state index contributed by atoms with van der Waals surface area (Å²) in [5.41, 5.74) is 1.45. The number of aromatic nitrogens is 2. The molecule has 1 amide bonds. The van der Waals surface area contributed by atoms with E-state index in [1.165, 1.54) is 0 Å². The van der Waals surface area contributed by atoms with E-state index in [2.05, 4.69) is 5.10 Å². The van der Waals surface area contributed by atoms with Gasteiger partial charge >= 0.3 is 0 Å². The topological polar surface area (TPSA) is 47.4 Å². The van der Waals surface area contributed by atoms with E-state index in [1.807, 2.05) is 48.8 Å². The molecule has 0 spiro atoms. The maximum atomic E-state index is 13.0. The standard InChI is InChI=1S/C17H19N3O2S/c1-19-15-8-4-3-7-14(15)16(18-19)17(21)20(9-10-22-2)12-13-6-5-11-23-13/h3-8,11H,9-10,12H2,1-2H3. The highest BCUT2D eigenvalue weighted by atomic mass is 32.1. The quantitative estimate of drug-likeness (QED) is 0.698. The Morgan fingerprint density at radius 1 is 1.30 bits per heavy atom. The third kappa shape index (κ3) is 3.28. The van der Waals surface area contributed by atoms with Crippen LogP contribution in [0.5, 0.6) is 0 Å². The SMILES string of the molecule is COCCN(Cc1cccs1)C(=O)c1nn(C)c2ccccc12. The maximum Gasteiger partial charge on any atom is 0.275 e. The number of carbonyl (C=O) groups is 1. The normalized spacial score (nSPS) is 11.0. The van der Waals surface area contributed by atoms with Gasteiger partial charge in [-0.2, -0.15) is 5.10 Å². The minimum absolute atomic E-state index is 0.0627. The number of hydrogen-bond acceptors (Lipinski definition) is 4. The Hall–Kier alpha value is -2.18. The summed E-state index contributed by atoms with van der Waals surface area (Å²) >= 11 is 1.65. The highest BCUT2D eigenvalue weighted by Gasteiger charge is 2.22. The van der Waals surface area contributed by atoms with Crippen LogP contribution >= 0.6 is 11.3 Å². The molecule has 2 aromatic heterocycles. The monoisotopic (exact) mass is 329 g/mol. The van der Waals surface area contributed by atoms with Crippen molar-refractivity contribution in [2.24, 2.45) is 7.05 Å². The molecule has 0 aliphatic heterocycles. The van der Waals surface area contributed by atoms with Crippen molar-refractivity contribution in [1.82, 2.24) is 14.7 Å². The van der Waals surface area contributed by atoms with Gasteiger partial charge in [-0.05, 0) is 17.5 Å². The third-order valence-electron chi connectivity index (χ3n) is 3.74. The van der Waals surface area contributed by atoms with Gasteiger partial charge < -0.3 is 9.64 Å². The van der Waals surface area contributed by atoms with Gasteiger partial charge in [-0.25, -0.2) is 0 Å². The molecule has 0 saturated carbocycles. The molecule has 0 bridgehead atoms. The number of benzene rings is 1. The molecule has 3 rings (SSSR count). The lowest BCUT2D eigenvalue weighted by Crippen LogP contribution is -2.33. The lowest BCUT2D eigenvalue weighted by Gasteiger charge is -2.21. The van der Waals surface area contributed by atoms with E-state index in [0.29, 0.717) is 25.4 Å². The van der Waals surface area contributed by atoms with Crippen LogP contribution in [0.1, 0.15) is 15.4 Å². The van der Waals surface area contributed by atoms with E-state index in [4.69, 9.17) is 4.74 Å². The molecule has 2 heterocycles. The van der Waals surface area contributed by atoms with Gasteiger partial charge in [-0.15, -0.1) is 11.3 Å². The van der Waals surface area contributed by atoms with Crippen LogP contribution in [0.2, 0.25) is 0 Å². The molecule has 0 aliphatic rings. The lowest BCUT2D eigenvalue weighted by atomic mass is 10.2. The molecule has 6 heteroatoms. The number of nitrogens with zero attached hydrogens (tertiary/aromatic N) is 3. The third-order valence-corrected chi connectivity index (χ3v) is 4.60. The lowest BCUT2D eigenvalue weighted by molar-refractivity contribution is 0.0677. The Bertz CT molecular complexity index is 795. The van der Waals surface area contributed by atoms with Crippen molar-refractivity contribution in [2.75, 3.05) is 20.3 Å². The van der Waals surface area contributed by atoms with E-state index >= 15 is 0 Å². The van der Waals surface area contributed by atoms with Gasteiger partial charge in [0.25, 0.3) is 5.91 Å². The Morgan fingerprint density at radius 2 is 2.13 bits per heavy atom. The number of methoxy groups -OCH3 is 1. The molecular formula is C17H19N3O2S. The fourth-order valence-electron chi connectivity index (χ4n) is 2.57. The average molecular weight is 329 g/mol. The highest BCUT2D eigenvalue weighted by molar-refractivity contribution is 7.09. The Labute approximate surface area is 139 Å². The van der Waals surface area contributed by atoms with Crippen molar-refractivity contribution in [3.63, 3.8) is 0 Å². The van der Waals surface area contributed by atoms with Crippen molar-refractivity contribution in [1.29, 1.82) is 0 Å². The van der Waals surface area contributed by atoms with Gasteiger partial charge in [-0.1, -0.05) is 24.3 Å². The van der Waals surface area contributed by atoms with Gasteiger partial charge in [0.2, 0.25) is 0 Å². The summed E-state index contributed by atoms with van der Waals surface area (Å²) in [7, 11) is 3.50. The first-order valence-corrected chi connectivity index (χ1v) is 8.31. The van der Waals surface area contributed by atoms with Crippen LogP contribution in [-0.4, -0.2) is 40.8 Å². The van der Waals surface area contributed by atoms with E-state index in [0.717, 1.165) is 15.8 Å². The molecule has 3 aromatic rings. The van der Waals surface area contributed by atoms with Crippen LogP contribution in [-0.2, 0) is 18.3 Å². The van der Waals surface area contributed by atoms with E-state index < -0.39 is 0 Å². The zero-order chi connectivity index (χ0) is 16.2. The Balaban J connectivity index is 1.92. The summed E-state index contributed by atoms with van der Waals surface area (Å²) in [5.74, 6) is -0.0627. The van der Waals surface area contributed by atoms with Crippen molar-refractivity contribution in [3.05, 3.63) is 52.3 Å². The second kappa shape index (κ2) is 6.93. The molecule has 0 aliphatic carbocycles. The summed E-state index contributed by atoms with van der Waals surface area (Å²) < 4.78 is 6.91. The number of aryl methyl sites for hydroxylation is 1. The smallest absolute Gasteiger partial charge is 0.275 e. The number of thiophene rings is 1. The van der Waals surface area contributed by atoms with Gasteiger partial charge in [0.05, 0.1) is 18.7 Å². The second-order valence-corrected chi connectivity index (χ2v) is 6.32. The fraction of sp³-hybridized carbons (Fsp3) is 0.294. The van der Waals surface area contributed by atoms with E-state index in [-0.39, 0.29) is 5.91 Å². The zero-order valence-electron chi connectivity index (χ0n) is 13.2. The van der Waals surface area contributed by atoms with Crippen molar-refractivity contribution in [2.45, 2.75) is 6.54 Å². The average Bonchev–Trinajstić information content (AvgIpc) is 3.19. The van der Waals surface area contributed by atoms with Crippen LogP contribution in [0, 0.1) is 0 Å². The highest BCUT2D eigenvalue weighted by Crippen LogP contribution is 2.20. The van der Waals surface area contributed by atoms with Crippen molar-refractivity contribution >= 4 is 28.1 Å². The second-order valence-electron chi connectivity index (χ2n) is 5.29. The van der Waals surface area contributed by atoms with Crippen LogP contribution in [0.4, 0.5) is 0 Å². The number of hydrogen-bond donors (Lipinski definition) is 0. The number of fused-ring (bicyclic) bond motifs is 1. The first-order valence-electron chi connectivity index (χ1n) is 7.43. The number of para-hydroxylation sites is 1. The van der Waals surface area contributed by atoms with Crippen molar-refractivity contribution < 1.29 is 9.53 Å². The molecule has 5 nitrogen and oxygen atoms in total. The van der Waals surface area contributed by atoms with E-state index in [9.17, 15) is 4.79 Å². The van der Waals surface area contributed by atoms with Crippen LogP contribution in [0.15, 0.2) is 41.8 Å². The van der Waals surface area contributed by atoms with Crippen molar-refractivity contribution in [3.8, 4) is 0 Å². The maximum absolute atomic E-state index is 13.0. The molecule has 120 valence electrons. The van der Waals surface area contributed by atoms with Gasteiger partial charge in [-0.3, -0.25) is 9.48 Å². The van der Waals surface area contributed by atoms with E-state index in [1.54, 1.807) is 28.0 Å². The van der Waals surface area contributed by atoms with Crippen LogP contribution in [0.3, 0.4) is 0 Å². The minimum Gasteiger partial charge on any atom is -0.383 e. The molecule has 1 aromatic carbocycles. The summed E-state index contributed by atoms with van der Waals surface area (Å²) in [6.07, 6.45) is 0. The molecule has 0 atom stereocenters. The molecule has 0 saturated heterocycles. The van der Waals surface area contributed by atoms with Crippen LogP contribution in [0.25, 0.3) is 10.9 Å². The molecule has 0 fully saturated rings.